The lowest BCUT2D eigenvalue weighted by molar-refractivity contribution is 0.142. The van der Waals surface area contributed by atoms with Crippen molar-refractivity contribution in [1.29, 1.82) is 0 Å². The molecule has 0 saturated heterocycles. The average molecular weight is 187 g/mol. The molecule has 0 aromatic rings. The molecule has 3 heteroatoms. The van der Waals surface area contributed by atoms with Crippen molar-refractivity contribution in [1.82, 2.24) is 5.32 Å². The monoisotopic (exact) mass is 187 g/mol. The first-order chi connectivity index (χ1) is 6.27. The lowest BCUT2D eigenvalue weighted by atomic mass is 9.85. The Bertz CT molecular complexity index is 137. The van der Waals surface area contributed by atoms with Crippen LogP contribution in [-0.2, 0) is 0 Å². The molecule has 1 saturated carbocycles. The van der Waals surface area contributed by atoms with E-state index in [1.54, 1.807) is 0 Å². The Morgan fingerprint density at radius 1 is 1.23 bits per heavy atom. The standard InChI is InChI=1S/C10H21NO2/c1-8-4-2-3-5-10(8)11-9(6-12)7-13/h8-13H,2-7H2,1H3. The van der Waals surface area contributed by atoms with Gasteiger partial charge in [0.1, 0.15) is 0 Å². The van der Waals surface area contributed by atoms with Crippen molar-refractivity contribution in [2.24, 2.45) is 5.92 Å². The third kappa shape index (κ3) is 3.25. The fraction of sp³-hybridized carbons (Fsp3) is 1.00. The third-order valence-electron chi connectivity index (χ3n) is 3.00. The molecule has 78 valence electrons. The van der Waals surface area contributed by atoms with E-state index in [2.05, 4.69) is 12.2 Å². The summed E-state index contributed by atoms with van der Waals surface area (Å²) in [5.74, 6) is 0.675. The minimum atomic E-state index is -0.134. The van der Waals surface area contributed by atoms with Gasteiger partial charge in [0, 0.05) is 6.04 Å². The van der Waals surface area contributed by atoms with E-state index in [0.717, 1.165) is 0 Å². The number of hydrogen-bond donors (Lipinski definition) is 3. The van der Waals surface area contributed by atoms with E-state index >= 15 is 0 Å². The minimum absolute atomic E-state index is 0.0275. The quantitative estimate of drug-likeness (QED) is 0.601. The number of nitrogens with one attached hydrogen (secondary N) is 1. The lowest BCUT2D eigenvalue weighted by Gasteiger charge is -2.32. The Morgan fingerprint density at radius 2 is 1.85 bits per heavy atom. The third-order valence-corrected chi connectivity index (χ3v) is 3.00. The highest BCUT2D eigenvalue weighted by molar-refractivity contribution is 4.81. The van der Waals surface area contributed by atoms with Gasteiger partial charge in [0.25, 0.3) is 0 Å². The maximum atomic E-state index is 8.92. The molecule has 0 radical (unpaired) electrons. The molecule has 1 aliphatic rings. The van der Waals surface area contributed by atoms with Gasteiger partial charge in [0.2, 0.25) is 0 Å². The molecule has 1 rings (SSSR count). The van der Waals surface area contributed by atoms with E-state index in [4.69, 9.17) is 10.2 Å². The first kappa shape index (κ1) is 11.0. The molecule has 0 spiro atoms. The predicted octanol–water partition coefficient (Wildman–Crippen LogP) is 0.508. The van der Waals surface area contributed by atoms with Crippen LogP contribution < -0.4 is 5.32 Å². The number of aliphatic hydroxyl groups excluding tert-OH is 2. The SMILES string of the molecule is CC1CCCCC1NC(CO)CO. The van der Waals surface area contributed by atoms with Crippen LogP contribution in [0.25, 0.3) is 0 Å². The van der Waals surface area contributed by atoms with Crippen molar-refractivity contribution < 1.29 is 10.2 Å². The normalized spacial score (nSPS) is 29.5. The zero-order valence-corrected chi connectivity index (χ0v) is 8.37. The van der Waals surface area contributed by atoms with Gasteiger partial charge in [-0.25, -0.2) is 0 Å². The number of hydrogen-bond acceptors (Lipinski definition) is 3. The molecule has 1 fully saturated rings. The smallest absolute Gasteiger partial charge is 0.0607 e. The van der Waals surface area contributed by atoms with Gasteiger partial charge in [-0.2, -0.15) is 0 Å². The molecule has 0 amide bonds. The molecule has 0 bridgehead atoms. The van der Waals surface area contributed by atoms with Crippen LogP contribution in [0.5, 0.6) is 0 Å². The van der Waals surface area contributed by atoms with Gasteiger partial charge in [0.05, 0.1) is 19.3 Å². The van der Waals surface area contributed by atoms with E-state index in [1.807, 2.05) is 0 Å². The Balaban J connectivity index is 2.32. The van der Waals surface area contributed by atoms with E-state index in [0.29, 0.717) is 12.0 Å². The molecule has 0 aliphatic heterocycles. The zero-order valence-electron chi connectivity index (χ0n) is 8.37. The van der Waals surface area contributed by atoms with Crippen LogP contribution in [-0.4, -0.2) is 35.5 Å². The molecule has 2 unspecified atom stereocenters. The zero-order chi connectivity index (χ0) is 9.68. The van der Waals surface area contributed by atoms with Crippen molar-refractivity contribution in [3.05, 3.63) is 0 Å². The second-order valence-electron chi connectivity index (χ2n) is 4.10. The molecule has 0 aromatic carbocycles. The Hall–Kier alpha value is -0.120. The van der Waals surface area contributed by atoms with Crippen LogP contribution in [0, 0.1) is 5.92 Å². The Morgan fingerprint density at radius 3 is 2.38 bits per heavy atom. The molecule has 0 heterocycles. The van der Waals surface area contributed by atoms with Crippen molar-refractivity contribution in [3.8, 4) is 0 Å². The van der Waals surface area contributed by atoms with Gasteiger partial charge in [0.15, 0.2) is 0 Å². The van der Waals surface area contributed by atoms with Gasteiger partial charge in [-0.3, -0.25) is 0 Å². The molecular formula is C10H21NO2. The summed E-state index contributed by atoms with van der Waals surface area (Å²) in [4.78, 5) is 0. The van der Waals surface area contributed by atoms with Crippen LogP contribution in [0.4, 0.5) is 0 Å². The van der Waals surface area contributed by atoms with Crippen molar-refractivity contribution in [3.63, 3.8) is 0 Å². The summed E-state index contributed by atoms with van der Waals surface area (Å²) in [6, 6.07) is 0.351. The summed E-state index contributed by atoms with van der Waals surface area (Å²) in [6.07, 6.45) is 5.03. The fourth-order valence-corrected chi connectivity index (χ4v) is 2.03. The highest BCUT2D eigenvalue weighted by Crippen LogP contribution is 2.23. The van der Waals surface area contributed by atoms with Crippen molar-refractivity contribution in [2.75, 3.05) is 13.2 Å². The second-order valence-corrected chi connectivity index (χ2v) is 4.10. The maximum absolute atomic E-state index is 8.92. The Kier molecular flexibility index (Phi) is 4.70. The summed E-state index contributed by atoms with van der Waals surface area (Å²) < 4.78 is 0. The highest BCUT2D eigenvalue weighted by Gasteiger charge is 2.22. The van der Waals surface area contributed by atoms with E-state index in [-0.39, 0.29) is 19.3 Å². The largest absolute Gasteiger partial charge is 0.395 e. The van der Waals surface area contributed by atoms with Gasteiger partial charge >= 0.3 is 0 Å². The van der Waals surface area contributed by atoms with E-state index in [9.17, 15) is 0 Å². The fourth-order valence-electron chi connectivity index (χ4n) is 2.03. The first-order valence-electron chi connectivity index (χ1n) is 5.25. The first-order valence-corrected chi connectivity index (χ1v) is 5.25. The van der Waals surface area contributed by atoms with E-state index < -0.39 is 0 Å². The second kappa shape index (κ2) is 5.58. The highest BCUT2D eigenvalue weighted by atomic mass is 16.3. The van der Waals surface area contributed by atoms with Gasteiger partial charge < -0.3 is 15.5 Å². The van der Waals surface area contributed by atoms with Crippen LogP contribution in [0.3, 0.4) is 0 Å². The minimum Gasteiger partial charge on any atom is -0.395 e. The molecule has 2 atom stereocenters. The lowest BCUT2D eigenvalue weighted by Crippen LogP contribution is -2.46. The molecule has 3 nitrogen and oxygen atoms in total. The van der Waals surface area contributed by atoms with Crippen LogP contribution in [0.2, 0.25) is 0 Å². The summed E-state index contributed by atoms with van der Waals surface area (Å²) in [7, 11) is 0. The van der Waals surface area contributed by atoms with Crippen LogP contribution in [0.1, 0.15) is 32.6 Å². The van der Waals surface area contributed by atoms with Gasteiger partial charge in [-0.15, -0.1) is 0 Å². The van der Waals surface area contributed by atoms with E-state index in [1.165, 1.54) is 25.7 Å². The van der Waals surface area contributed by atoms with Crippen molar-refractivity contribution in [2.45, 2.75) is 44.7 Å². The van der Waals surface area contributed by atoms with Crippen LogP contribution >= 0.6 is 0 Å². The topological polar surface area (TPSA) is 52.5 Å². The molecule has 13 heavy (non-hydrogen) atoms. The predicted molar refractivity (Wildman–Crippen MR) is 52.5 cm³/mol. The maximum Gasteiger partial charge on any atom is 0.0607 e. The molecule has 0 aromatic heterocycles. The molecule has 3 N–H and O–H groups in total. The Labute approximate surface area is 80.2 Å². The molecular weight excluding hydrogens is 166 g/mol. The number of aliphatic hydroxyl groups is 2. The summed E-state index contributed by atoms with van der Waals surface area (Å²) in [6.45, 7) is 2.29. The summed E-state index contributed by atoms with van der Waals surface area (Å²) >= 11 is 0. The van der Waals surface area contributed by atoms with Gasteiger partial charge in [-0.1, -0.05) is 19.8 Å². The van der Waals surface area contributed by atoms with Crippen LogP contribution in [0.15, 0.2) is 0 Å². The average Bonchev–Trinajstić information content (AvgIpc) is 2.17. The summed E-state index contributed by atoms with van der Waals surface area (Å²) in [5.41, 5.74) is 0. The summed E-state index contributed by atoms with van der Waals surface area (Å²) in [5, 5.41) is 21.1. The number of rotatable bonds is 4. The van der Waals surface area contributed by atoms with Crippen molar-refractivity contribution >= 4 is 0 Å². The molecule has 1 aliphatic carbocycles. The van der Waals surface area contributed by atoms with Gasteiger partial charge in [-0.05, 0) is 18.8 Å².